The summed E-state index contributed by atoms with van der Waals surface area (Å²) in [6, 6.07) is 0. The minimum absolute atomic E-state index is 0.114. The van der Waals surface area contributed by atoms with E-state index < -0.39 is 0 Å². The number of ketones is 2. The Balaban J connectivity index is 2.59. The maximum absolute atomic E-state index is 11.8. The quantitative estimate of drug-likeness (QED) is 0.548. The van der Waals surface area contributed by atoms with Gasteiger partial charge in [-0.1, -0.05) is 23.3 Å². The highest BCUT2D eigenvalue weighted by molar-refractivity contribution is 6.19. The molecule has 3 heteroatoms. The van der Waals surface area contributed by atoms with Crippen LogP contribution in [0.3, 0.4) is 0 Å². The summed E-state index contributed by atoms with van der Waals surface area (Å²) >= 11 is 0. The molecule has 0 unspecified atom stereocenters. The van der Waals surface area contributed by atoms with Gasteiger partial charge >= 0.3 is 0 Å². The molecule has 0 aromatic rings. The molecule has 0 radical (unpaired) electrons. The Labute approximate surface area is 120 Å². The van der Waals surface area contributed by atoms with Gasteiger partial charge in [0.25, 0.3) is 0 Å². The Morgan fingerprint density at radius 2 is 1.80 bits per heavy atom. The predicted octanol–water partition coefficient (Wildman–Crippen LogP) is 3.68. The number of ether oxygens (including phenoxy) is 1. The van der Waals surface area contributed by atoms with Crippen LogP contribution in [0.2, 0.25) is 0 Å². The fourth-order valence-electron chi connectivity index (χ4n) is 1.88. The lowest BCUT2D eigenvalue weighted by Gasteiger charge is -2.10. The summed E-state index contributed by atoms with van der Waals surface area (Å²) in [6.45, 7) is 6.21. The molecular formula is C17H22O3. The molecule has 0 aromatic heterocycles. The molecule has 0 aliphatic heterocycles. The standard InChI is InChI=1S/C17H22O3/c1-12(2)6-5-7-13(3)8-9-14-10-16(19)17(20-4)11-15(14)18/h6,8,10-11H,5,7,9H2,1-4H3. The van der Waals surface area contributed by atoms with Crippen LogP contribution in [0.5, 0.6) is 0 Å². The Hall–Kier alpha value is -1.90. The molecule has 0 saturated heterocycles. The number of methoxy groups -OCH3 is 1. The SMILES string of the molecule is COC1=CC(=O)C(CC=C(C)CCC=C(C)C)=CC1=O. The Morgan fingerprint density at radius 3 is 2.40 bits per heavy atom. The van der Waals surface area contributed by atoms with E-state index in [-0.39, 0.29) is 17.3 Å². The van der Waals surface area contributed by atoms with Crippen molar-refractivity contribution in [2.24, 2.45) is 0 Å². The van der Waals surface area contributed by atoms with E-state index in [1.165, 1.54) is 30.4 Å². The second kappa shape index (κ2) is 7.63. The Morgan fingerprint density at radius 1 is 1.10 bits per heavy atom. The first-order valence-electron chi connectivity index (χ1n) is 6.78. The predicted molar refractivity (Wildman–Crippen MR) is 80.2 cm³/mol. The molecule has 0 heterocycles. The van der Waals surface area contributed by atoms with E-state index in [2.05, 4.69) is 19.9 Å². The first-order chi connectivity index (χ1) is 9.43. The molecule has 0 N–H and O–H groups in total. The van der Waals surface area contributed by atoms with Gasteiger partial charge in [0.2, 0.25) is 5.78 Å². The van der Waals surface area contributed by atoms with Gasteiger partial charge in [-0.2, -0.15) is 0 Å². The van der Waals surface area contributed by atoms with E-state index in [1.807, 2.05) is 13.0 Å². The molecule has 0 amide bonds. The molecule has 0 saturated carbocycles. The lowest BCUT2D eigenvalue weighted by atomic mass is 9.98. The van der Waals surface area contributed by atoms with Crippen LogP contribution < -0.4 is 0 Å². The number of allylic oxidation sites excluding steroid dienone is 7. The van der Waals surface area contributed by atoms with Crippen molar-refractivity contribution in [3.63, 3.8) is 0 Å². The van der Waals surface area contributed by atoms with Gasteiger partial charge < -0.3 is 4.74 Å². The minimum Gasteiger partial charge on any atom is -0.493 e. The minimum atomic E-state index is -0.238. The summed E-state index contributed by atoms with van der Waals surface area (Å²) in [5.74, 6) is -0.268. The van der Waals surface area contributed by atoms with Crippen molar-refractivity contribution < 1.29 is 14.3 Å². The highest BCUT2D eigenvalue weighted by Gasteiger charge is 2.19. The Kier molecular flexibility index (Phi) is 6.16. The number of rotatable bonds is 6. The van der Waals surface area contributed by atoms with E-state index in [4.69, 9.17) is 4.74 Å². The third-order valence-electron chi connectivity index (χ3n) is 3.11. The molecule has 1 rings (SSSR count). The van der Waals surface area contributed by atoms with Gasteiger partial charge in [0.15, 0.2) is 11.5 Å². The molecule has 3 nitrogen and oxygen atoms in total. The summed E-state index contributed by atoms with van der Waals surface area (Å²) in [6.07, 6.45) is 9.33. The molecule has 1 aliphatic carbocycles. The van der Waals surface area contributed by atoms with Crippen LogP contribution in [-0.4, -0.2) is 18.7 Å². The largest absolute Gasteiger partial charge is 0.493 e. The second-order valence-electron chi connectivity index (χ2n) is 5.19. The Bertz CT molecular complexity index is 512. The summed E-state index contributed by atoms with van der Waals surface area (Å²) in [7, 11) is 1.39. The molecule has 0 spiro atoms. The lowest BCUT2D eigenvalue weighted by molar-refractivity contribution is -0.117. The van der Waals surface area contributed by atoms with Crippen molar-refractivity contribution in [3.8, 4) is 0 Å². The van der Waals surface area contributed by atoms with Crippen molar-refractivity contribution in [1.82, 2.24) is 0 Å². The molecular weight excluding hydrogens is 252 g/mol. The third-order valence-corrected chi connectivity index (χ3v) is 3.11. The molecule has 20 heavy (non-hydrogen) atoms. The van der Waals surface area contributed by atoms with Crippen molar-refractivity contribution in [3.05, 3.63) is 46.8 Å². The summed E-state index contributed by atoms with van der Waals surface area (Å²) < 4.78 is 4.85. The molecule has 1 aliphatic rings. The maximum Gasteiger partial charge on any atom is 0.220 e. The van der Waals surface area contributed by atoms with E-state index in [9.17, 15) is 9.59 Å². The summed E-state index contributed by atoms with van der Waals surface area (Å²) in [5.41, 5.74) is 3.06. The zero-order valence-corrected chi connectivity index (χ0v) is 12.7. The van der Waals surface area contributed by atoms with Crippen LogP contribution in [0, 0.1) is 0 Å². The van der Waals surface area contributed by atoms with Crippen molar-refractivity contribution >= 4 is 11.6 Å². The van der Waals surface area contributed by atoms with Gasteiger partial charge in [-0.05, 0) is 46.1 Å². The summed E-state index contributed by atoms with van der Waals surface area (Å²) in [4.78, 5) is 23.4. The third kappa shape index (κ3) is 5.00. The van der Waals surface area contributed by atoms with E-state index in [0.717, 1.165) is 12.8 Å². The van der Waals surface area contributed by atoms with Gasteiger partial charge in [0.1, 0.15) is 0 Å². The zero-order chi connectivity index (χ0) is 15.1. The normalized spacial score (nSPS) is 15.7. The van der Waals surface area contributed by atoms with Crippen molar-refractivity contribution in [2.45, 2.75) is 40.0 Å². The van der Waals surface area contributed by atoms with Crippen LogP contribution in [-0.2, 0) is 14.3 Å². The highest BCUT2D eigenvalue weighted by Crippen LogP contribution is 2.17. The molecule has 0 aromatic carbocycles. The topological polar surface area (TPSA) is 43.4 Å². The fraction of sp³-hybridized carbons (Fsp3) is 0.412. The van der Waals surface area contributed by atoms with Crippen LogP contribution in [0.25, 0.3) is 0 Å². The van der Waals surface area contributed by atoms with Gasteiger partial charge in [-0.3, -0.25) is 9.59 Å². The van der Waals surface area contributed by atoms with E-state index in [1.54, 1.807) is 0 Å². The average molecular weight is 274 g/mol. The van der Waals surface area contributed by atoms with Gasteiger partial charge in [0, 0.05) is 11.6 Å². The fourth-order valence-corrected chi connectivity index (χ4v) is 1.88. The van der Waals surface area contributed by atoms with Gasteiger partial charge in [-0.25, -0.2) is 0 Å². The second-order valence-corrected chi connectivity index (χ2v) is 5.19. The molecule has 0 fully saturated rings. The van der Waals surface area contributed by atoms with E-state index in [0.29, 0.717) is 12.0 Å². The molecule has 108 valence electrons. The zero-order valence-electron chi connectivity index (χ0n) is 12.7. The van der Waals surface area contributed by atoms with Crippen molar-refractivity contribution in [2.75, 3.05) is 7.11 Å². The maximum atomic E-state index is 11.8. The number of hydrogen-bond donors (Lipinski definition) is 0. The smallest absolute Gasteiger partial charge is 0.220 e. The van der Waals surface area contributed by atoms with Crippen LogP contribution in [0.15, 0.2) is 46.8 Å². The summed E-state index contributed by atoms with van der Waals surface area (Å²) in [5, 5.41) is 0. The average Bonchev–Trinajstić information content (AvgIpc) is 2.38. The van der Waals surface area contributed by atoms with Gasteiger partial charge in [-0.15, -0.1) is 0 Å². The number of hydrogen-bond acceptors (Lipinski definition) is 3. The van der Waals surface area contributed by atoms with Crippen molar-refractivity contribution in [1.29, 1.82) is 0 Å². The highest BCUT2D eigenvalue weighted by atomic mass is 16.5. The van der Waals surface area contributed by atoms with Crippen LogP contribution in [0.4, 0.5) is 0 Å². The number of carbonyl (C=O) groups excluding carboxylic acids is 2. The first kappa shape index (κ1) is 16.2. The molecule has 0 bridgehead atoms. The van der Waals surface area contributed by atoms with Crippen LogP contribution in [0.1, 0.15) is 40.0 Å². The number of carbonyl (C=O) groups is 2. The van der Waals surface area contributed by atoms with Gasteiger partial charge in [0.05, 0.1) is 7.11 Å². The first-order valence-corrected chi connectivity index (χ1v) is 6.78. The van der Waals surface area contributed by atoms with E-state index >= 15 is 0 Å². The molecule has 0 atom stereocenters. The lowest BCUT2D eigenvalue weighted by Crippen LogP contribution is -2.13. The monoisotopic (exact) mass is 274 g/mol. The van der Waals surface area contributed by atoms with Crippen LogP contribution >= 0.6 is 0 Å².